The first-order chi connectivity index (χ1) is 14.6. The predicted molar refractivity (Wildman–Crippen MR) is 126 cm³/mol. The summed E-state index contributed by atoms with van der Waals surface area (Å²) in [7, 11) is -4.03. The van der Waals surface area contributed by atoms with Gasteiger partial charge < -0.3 is 5.32 Å². The third-order valence-corrected chi connectivity index (χ3v) is 7.09. The summed E-state index contributed by atoms with van der Waals surface area (Å²) in [6, 6.07) is 17.1. The minimum atomic E-state index is -4.03. The van der Waals surface area contributed by atoms with E-state index in [1.807, 2.05) is 0 Å². The summed E-state index contributed by atoms with van der Waals surface area (Å²) < 4.78 is 27.6. The molecule has 0 heterocycles. The lowest BCUT2D eigenvalue weighted by Gasteiger charge is -2.22. The van der Waals surface area contributed by atoms with Crippen LogP contribution in [0.25, 0.3) is 0 Å². The van der Waals surface area contributed by atoms with Crippen molar-refractivity contribution in [2.24, 2.45) is 0 Å². The minimum absolute atomic E-state index is 0.00236. The van der Waals surface area contributed by atoms with Crippen molar-refractivity contribution < 1.29 is 13.2 Å². The van der Waals surface area contributed by atoms with Gasteiger partial charge >= 0.3 is 0 Å². The van der Waals surface area contributed by atoms with E-state index in [9.17, 15) is 13.2 Å². The van der Waals surface area contributed by atoms with E-state index in [0.717, 1.165) is 4.31 Å². The molecule has 0 bridgehead atoms. The Kier molecular flexibility index (Phi) is 7.86. The van der Waals surface area contributed by atoms with Crippen LogP contribution in [0.15, 0.2) is 71.6 Å². The molecule has 0 fully saturated rings. The smallest absolute Gasteiger partial charge is 0.243 e. The van der Waals surface area contributed by atoms with Gasteiger partial charge in [-0.15, -0.1) is 0 Å². The van der Waals surface area contributed by atoms with Crippen molar-refractivity contribution in [3.05, 3.63) is 92.4 Å². The van der Waals surface area contributed by atoms with E-state index < -0.39 is 22.5 Å². The van der Waals surface area contributed by atoms with Crippen LogP contribution in [0, 0.1) is 0 Å². The molecule has 1 N–H and O–H groups in total. The number of nitrogens with one attached hydrogen (secondary N) is 1. The van der Waals surface area contributed by atoms with E-state index >= 15 is 0 Å². The van der Waals surface area contributed by atoms with Gasteiger partial charge in [-0.25, -0.2) is 8.42 Å². The lowest BCUT2D eigenvalue weighted by Crippen LogP contribution is -2.37. The molecule has 0 aliphatic rings. The van der Waals surface area contributed by atoms with Crippen LogP contribution in [0.2, 0.25) is 20.1 Å². The first kappa shape index (κ1) is 23.9. The molecule has 10 heteroatoms. The number of halogens is 4. The zero-order chi connectivity index (χ0) is 22.6. The lowest BCUT2D eigenvalue weighted by atomic mass is 10.2. The van der Waals surface area contributed by atoms with Gasteiger partial charge in [-0.2, -0.15) is 4.31 Å². The van der Waals surface area contributed by atoms with Gasteiger partial charge in [-0.3, -0.25) is 4.79 Å². The largest absolute Gasteiger partial charge is 0.325 e. The molecule has 0 saturated carbocycles. The highest BCUT2D eigenvalue weighted by molar-refractivity contribution is 7.89. The highest BCUT2D eigenvalue weighted by Crippen LogP contribution is 2.25. The van der Waals surface area contributed by atoms with Crippen molar-refractivity contribution in [2.45, 2.75) is 11.4 Å². The summed E-state index contributed by atoms with van der Waals surface area (Å²) in [5.74, 6) is -0.567. The number of hydrogen-bond acceptors (Lipinski definition) is 3. The van der Waals surface area contributed by atoms with Gasteiger partial charge in [0.05, 0.1) is 11.4 Å². The molecule has 0 aromatic heterocycles. The molecule has 0 spiro atoms. The fraction of sp³-hybridized carbons (Fsp3) is 0.0952. The van der Waals surface area contributed by atoms with Gasteiger partial charge in [-0.05, 0) is 54.1 Å². The van der Waals surface area contributed by atoms with Crippen LogP contribution in [0.3, 0.4) is 0 Å². The molecular formula is C21H16Cl4N2O3S. The fourth-order valence-corrected chi connectivity index (χ4v) is 5.01. The molecule has 5 nitrogen and oxygen atoms in total. The first-order valence-electron chi connectivity index (χ1n) is 8.90. The number of rotatable bonds is 7. The van der Waals surface area contributed by atoms with Crippen LogP contribution < -0.4 is 5.32 Å². The van der Waals surface area contributed by atoms with E-state index in [0.29, 0.717) is 31.3 Å². The number of amides is 1. The van der Waals surface area contributed by atoms with Crippen molar-refractivity contribution in [3.8, 4) is 0 Å². The average Bonchev–Trinajstić information content (AvgIpc) is 2.68. The molecule has 31 heavy (non-hydrogen) atoms. The molecule has 0 aliphatic heterocycles. The Morgan fingerprint density at radius 3 is 2.06 bits per heavy atom. The maximum atomic E-state index is 13.3. The van der Waals surface area contributed by atoms with E-state index in [1.165, 1.54) is 42.5 Å². The zero-order valence-electron chi connectivity index (χ0n) is 15.9. The number of anilines is 1. The van der Waals surface area contributed by atoms with Crippen LogP contribution in [0.1, 0.15) is 5.56 Å². The number of nitrogens with zero attached hydrogens (tertiary/aromatic N) is 1. The van der Waals surface area contributed by atoms with Crippen molar-refractivity contribution in [1.29, 1.82) is 0 Å². The monoisotopic (exact) mass is 516 g/mol. The Labute approximate surface area is 200 Å². The summed E-state index contributed by atoms with van der Waals surface area (Å²) in [6.07, 6.45) is 0. The normalized spacial score (nSPS) is 11.5. The van der Waals surface area contributed by atoms with Gasteiger partial charge in [0.1, 0.15) is 0 Å². The van der Waals surface area contributed by atoms with Crippen molar-refractivity contribution >= 4 is 68.0 Å². The molecule has 0 aliphatic carbocycles. The second-order valence-corrected chi connectivity index (χ2v) is 10.2. The molecule has 3 aromatic rings. The average molecular weight is 518 g/mol. The molecule has 0 saturated heterocycles. The molecule has 1 amide bonds. The Morgan fingerprint density at radius 1 is 0.839 bits per heavy atom. The van der Waals surface area contributed by atoms with Gasteiger partial charge in [0.15, 0.2) is 0 Å². The lowest BCUT2D eigenvalue weighted by molar-refractivity contribution is -0.116. The van der Waals surface area contributed by atoms with Gasteiger partial charge in [0.25, 0.3) is 0 Å². The third-order valence-electron chi connectivity index (χ3n) is 4.22. The quantitative estimate of drug-likeness (QED) is 0.410. The summed E-state index contributed by atoms with van der Waals surface area (Å²) in [4.78, 5) is 12.7. The molecule has 0 unspecified atom stereocenters. The molecule has 0 atom stereocenters. The molecule has 3 rings (SSSR count). The van der Waals surface area contributed by atoms with Gasteiger partial charge in [-0.1, -0.05) is 64.6 Å². The second-order valence-electron chi connectivity index (χ2n) is 6.52. The first-order valence-corrected chi connectivity index (χ1v) is 11.9. The number of sulfonamides is 1. The second kappa shape index (κ2) is 10.2. The standard InChI is InChI=1S/C21H16Cl4N2O3S/c22-15-5-7-19(8-6-15)31(29,30)27(12-14-3-1-2-4-20(14)25)13-21(28)26-18-10-16(23)9-17(24)11-18/h1-11H,12-13H2,(H,26,28). The van der Waals surface area contributed by atoms with Crippen molar-refractivity contribution in [2.75, 3.05) is 11.9 Å². The van der Waals surface area contributed by atoms with Crippen LogP contribution >= 0.6 is 46.4 Å². The minimum Gasteiger partial charge on any atom is -0.325 e. The van der Waals surface area contributed by atoms with Crippen LogP contribution in [0.5, 0.6) is 0 Å². The van der Waals surface area contributed by atoms with Crippen LogP contribution in [-0.2, 0) is 21.4 Å². The third kappa shape index (κ3) is 6.35. The van der Waals surface area contributed by atoms with E-state index in [1.54, 1.807) is 24.3 Å². The molecule has 162 valence electrons. The van der Waals surface area contributed by atoms with Crippen LogP contribution in [-0.4, -0.2) is 25.2 Å². The Hall–Kier alpha value is -1.80. The maximum absolute atomic E-state index is 13.3. The van der Waals surface area contributed by atoms with E-state index in [4.69, 9.17) is 46.4 Å². The number of carbonyl (C=O) groups is 1. The molecule has 0 radical (unpaired) electrons. The Bertz CT molecular complexity index is 1180. The number of hydrogen-bond donors (Lipinski definition) is 1. The summed E-state index contributed by atoms with van der Waals surface area (Å²) in [5.41, 5.74) is 0.907. The fourth-order valence-electron chi connectivity index (χ4n) is 2.78. The van der Waals surface area contributed by atoms with Crippen molar-refractivity contribution in [1.82, 2.24) is 4.31 Å². The van der Waals surface area contributed by atoms with Crippen LogP contribution in [0.4, 0.5) is 5.69 Å². The molecular weight excluding hydrogens is 502 g/mol. The van der Waals surface area contributed by atoms with Gasteiger partial charge in [0, 0.05) is 32.3 Å². The highest BCUT2D eigenvalue weighted by atomic mass is 35.5. The maximum Gasteiger partial charge on any atom is 0.243 e. The number of carbonyl (C=O) groups excluding carboxylic acids is 1. The van der Waals surface area contributed by atoms with E-state index in [2.05, 4.69) is 5.32 Å². The Morgan fingerprint density at radius 2 is 1.45 bits per heavy atom. The summed E-state index contributed by atoms with van der Waals surface area (Å²) in [6.45, 7) is -0.561. The highest BCUT2D eigenvalue weighted by Gasteiger charge is 2.27. The molecule has 3 aromatic carbocycles. The summed E-state index contributed by atoms with van der Waals surface area (Å²) >= 11 is 24.0. The Balaban J connectivity index is 1.90. The van der Waals surface area contributed by atoms with Gasteiger partial charge in [0.2, 0.25) is 15.9 Å². The van der Waals surface area contributed by atoms with Crippen molar-refractivity contribution in [3.63, 3.8) is 0 Å². The summed E-state index contributed by atoms with van der Waals surface area (Å²) in [5, 5.41) is 4.08. The zero-order valence-corrected chi connectivity index (χ0v) is 19.7. The SMILES string of the molecule is O=C(CN(Cc1ccccc1Cl)S(=O)(=O)c1ccc(Cl)cc1)Nc1cc(Cl)cc(Cl)c1. The predicted octanol–water partition coefficient (Wildman–Crippen LogP) is 6.13. The topological polar surface area (TPSA) is 66.5 Å². The van der Waals surface area contributed by atoms with E-state index in [-0.39, 0.29) is 11.4 Å². The number of benzene rings is 3.